The number of benzene rings is 2. The van der Waals surface area contributed by atoms with E-state index < -0.39 is 17.8 Å². The van der Waals surface area contributed by atoms with Crippen LogP contribution in [0.5, 0.6) is 11.8 Å². The predicted molar refractivity (Wildman–Crippen MR) is 165 cm³/mol. The first kappa shape index (κ1) is 28.9. The summed E-state index contributed by atoms with van der Waals surface area (Å²) in [7, 11) is 0. The number of thiophene rings is 1. The average Bonchev–Trinajstić information content (AvgIpc) is 3.75. The van der Waals surface area contributed by atoms with Crippen LogP contribution in [0.2, 0.25) is 5.02 Å². The summed E-state index contributed by atoms with van der Waals surface area (Å²) in [5.41, 5.74) is 5.81. The molecule has 0 bridgehead atoms. The number of nitriles is 1. The lowest BCUT2D eigenvalue weighted by molar-refractivity contribution is 0.146. The van der Waals surface area contributed by atoms with E-state index >= 15 is 4.39 Å². The minimum Gasteiger partial charge on any atom is -0.491 e. The van der Waals surface area contributed by atoms with E-state index in [2.05, 4.69) is 20.2 Å². The fourth-order valence-electron chi connectivity index (χ4n) is 7.53. The van der Waals surface area contributed by atoms with Gasteiger partial charge in [0.05, 0.1) is 53.1 Å². The summed E-state index contributed by atoms with van der Waals surface area (Å²) < 4.78 is 64.2. The van der Waals surface area contributed by atoms with Gasteiger partial charge in [0.15, 0.2) is 11.6 Å². The number of hydrogen-bond acceptors (Lipinski definition) is 10. The molecular weight excluding hydrogens is 629 g/mol. The number of aromatic nitrogens is 2. The molecule has 4 aliphatic rings. The number of halogens is 4. The van der Waals surface area contributed by atoms with Crippen molar-refractivity contribution in [3.8, 4) is 29.0 Å². The van der Waals surface area contributed by atoms with E-state index in [1.807, 2.05) is 6.07 Å². The lowest BCUT2D eigenvalue weighted by Gasteiger charge is -2.31. The highest BCUT2D eigenvalue weighted by Crippen LogP contribution is 2.50. The van der Waals surface area contributed by atoms with E-state index in [1.54, 1.807) is 0 Å². The summed E-state index contributed by atoms with van der Waals surface area (Å²) in [4.78, 5) is 11.3. The molecule has 3 N–H and O–H groups in total. The van der Waals surface area contributed by atoms with Gasteiger partial charge in [-0.15, -0.1) is 11.3 Å². The average molecular weight is 657 g/mol. The summed E-state index contributed by atoms with van der Waals surface area (Å²) >= 11 is 7.86. The Morgan fingerprint density at radius 2 is 2.11 bits per heavy atom. The molecule has 0 saturated carbocycles. The van der Waals surface area contributed by atoms with Crippen LogP contribution in [0.3, 0.4) is 0 Å². The van der Waals surface area contributed by atoms with Crippen molar-refractivity contribution in [2.45, 2.75) is 43.4 Å². The van der Waals surface area contributed by atoms with Crippen molar-refractivity contribution in [3.63, 3.8) is 0 Å². The predicted octanol–water partition coefficient (Wildman–Crippen LogP) is 6.06. The molecule has 0 amide bonds. The second-order valence-electron chi connectivity index (χ2n) is 12.2. The Bertz CT molecular complexity index is 1920. The van der Waals surface area contributed by atoms with Crippen LogP contribution in [-0.2, 0) is 4.74 Å². The molecule has 2 aromatic carbocycles. The Labute approximate surface area is 265 Å². The number of fused-ring (bicyclic) bond motifs is 3. The summed E-state index contributed by atoms with van der Waals surface area (Å²) in [5, 5.41) is 13.7. The highest BCUT2D eigenvalue weighted by molar-refractivity contribution is 7.23. The van der Waals surface area contributed by atoms with Crippen LogP contribution in [0.1, 0.15) is 31.2 Å². The first-order chi connectivity index (χ1) is 21.8. The lowest BCUT2D eigenvalue weighted by Crippen LogP contribution is -2.39. The molecule has 0 radical (unpaired) electrons. The van der Waals surface area contributed by atoms with Gasteiger partial charge in [0.2, 0.25) is 0 Å². The van der Waals surface area contributed by atoms with E-state index in [-0.39, 0.29) is 96.0 Å². The van der Waals surface area contributed by atoms with Crippen LogP contribution in [0.15, 0.2) is 12.1 Å². The van der Waals surface area contributed by atoms with Gasteiger partial charge >= 0.3 is 6.01 Å². The maximum Gasteiger partial charge on any atom is 0.319 e. The molecule has 8 rings (SSSR count). The largest absolute Gasteiger partial charge is 0.491 e. The van der Waals surface area contributed by atoms with Crippen LogP contribution in [-0.4, -0.2) is 72.1 Å². The van der Waals surface area contributed by atoms with E-state index in [1.165, 1.54) is 12.1 Å². The Hall–Kier alpha value is -3.57. The van der Waals surface area contributed by atoms with Crippen LogP contribution in [0, 0.1) is 28.9 Å². The maximum absolute atomic E-state index is 16.9. The van der Waals surface area contributed by atoms with Gasteiger partial charge in [-0.25, -0.2) is 13.2 Å². The zero-order valence-electron chi connectivity index (χ0n) is 24.0. The van der Waals surface area contributed by atoms with E-state index in [4.69, 9.17) is 31.5 Å². The van der Waals surface area contributed by atoms with Crippen LogP contribution in [0.4, 0.5) is 24.0 Å². The normalized spacial score (nSPS) is 25.8. The molecule has 9 nitrogen and oxygen atoms in total. The molecule has 4 aliphatic heterocycles. The van der Waals surface area contributed by atoms with Crippen LogP contribution in [0.25, 0.3) is 32.1 Å². The SMILES string of the molecule is N#Cc1c(N)sc2c(F)ccc(-c3c(Cl)c4c5c(nc(OCC[C@@]67CCCN6C[C@H](F)C7)nc5c3F)NC3COCC3CO4)c12. The Balaban J connectivity index is 1.28. The van der Waals surface area contributed by atoms with Gasteiger partial charge in [-0.1, -0.05) is 17.7 Å². The number of nitrogen functional groups attached to an aromatic ring is 1. The molecule has 2 aromatic heterocycles. The molecule has 3 saturated heterocycles. The third-order valence-corrected chi connectivity index (χ3v) is 11.1. The molecule has 234 valence electrons. The third kappa shape index (κ3) is 4.48. The van der Waals surface area contributed by atoms with Gasteiger partial charge in [-0.2, -0.15) is 15.2 Å². The summed E-state index contributed by atoms with van der Waals surface area (Å²) in [5.74, 6) is -1.00. The standard InChI is InChI=1S/C31H28ClF3N6O3S/c32-23-21(16-2-3-18(34)27-20(16)17(9-36)28(37)45-27)24(35)25-22-26(23)44-12-14-11-42-13-19(14)38-29(22)40-30(39-25)43-7-5-31-4-1-6-41(31)10-15(33)8-31/h2-3,14-15,19H,1,4-8,10-13,37H2,(H,38,39,40)/t14?,15-,19?,31-/m1/s1. The Kier molecular flexibility index (Phi) is 6.90. The fourth-order valence-corrected chi connectivity index (χ4v) is 8.82. The van der Waals surface area contributed by atoms with Crippen molar-refractivity contribution in [1.82, 2.24) is 14.9 Å². The van der Waals surface area contributed by atoms with E-state index in [9.17, 15) is 14.0 Å². The number of nitrogens with one attached hydrogen (secondary N) is 1. The second-order valence-corrected chi connectivity index (χ2v) is 13.6. The first-order valence-electron chi connectivity index (χ1n) is 14.9. The molecule has 6 heterocycles. The minimum atomic E-state index is -0.862. The van der Waals surface area contributed by atoms with Crippen molar-refractivity contribution in [3.05, 3.63) is 34.4 Å². The number of nitrogens with zero attached hydrogens (tertiary/aromatic N) is 4. The van der Waals surface area contributed by atoms with Crippen LogP contribution < -0.4 is 20.5 Å². The molecule has 4 aromatic rings. The van der Waals surface area contributed by atoms with Crippen molar-refractivity contribution < 1.29 is 27.4 Å². The van der Waals surface area contributed by atoms with Gasteiger partial charge in [-0.3, -0.25) is 4.90 Å². The molecular formula is C31H28ClF3N6O3S. The number of alkyl halides is 1. The minimum absolute atomic E-state index is 0.0337. The van der Waals surface area contributed by atoms with Crippen molar-refractivity contribution >= 4 is 54.7 Å². The molecule has 3 fully saturated rings. The smallest absolute Gasteiger partial charge is 0.319 e. The summed E-state index contributed by atoms with van der Waals surface area (Å²) in [6, 6.07) is 4.38. The summed E-state index contributed by atoms with van der Waals surface area (Å²) in [6.07, 6.45) is 2.09. The number of anilines is 2. The number of hydrogen-bond donors (Lipinski definition) is 2. The number of rotatable bonds is 5. The van der Waals surface area contributed by atoms with Gasteiger partial charge < -0.3 is 25.3 Å². The number of nitrogens with two attached hydrogens (primary N) is 1. The quantitative estimate of drug-likeness (QED) is 0.264. The molecule has 0 aliphatic carbocycles. The number of ether oxygens (including phenoxy) is 3. The maximum atomic E-state index is 16.9. The third-order valence-electron chi connectivity index (χ3n) is 9.68. The fraction of sp³-hybridized carbons (Fsp3) is 0.452. The first-order valence-corrected chi connectivity index (χ1v) is 16.1. The Morgan fingerprint density at radius 3 is 2.96 bits per heavy atom. The van der Waals surface area contributed by atoms with Gasteiger partial charge in [-0.05, 0) is 37.4 Å². The van der Waals surface area contributed by atoms with Gasteiger partial charge in [0.25, 0.3) is 0 Å². The van der Waals surface area contributed by atoms with Crippen LogP contribution >= 0.6 is 22.9 Å². The zero-order chi connectivity index (χ0) is 31.0. The van der Waals surface area contributed by atoms with Crippen molar-refractivity contribution in [2.24, 2.45) is 5.92 Å². The molecule has 45 heavy (non-hydrogen) atoms. The highest BCUT2D eigenvalue weighted by Gasteiger charge is 2.48. The van der Waals surface area contributed by atoms with E-state index in [0.717, 1.165) is 30.7 Å². The molecule has 4 atom stereocenters. The van der Waals surface area contributed by atoms with Gasteiger partial charge in [0, 0.05) is 35.4 Å². The van der Waals surface area contributed by atoms with Crippen molar-refractivity contribution in [1.29, 1.82) is 5.26 Å². The summed E-state index contributed by atoms with van der Waals surface area (Å²) in [6.45, 7) is 2.60. The highest BCUT2D eigenvalue weighted by atomic mass is 35.5. The molecule has 2 unspecified atom stereocenters. The van der Waals surface area contributed by atoms with E-state index in [0.29, 0.717) is 32.6 Å². The molecule has 0 spiro atoms. The molecule has 14 heteroatoms. The van der Waals surface area contributed by atoms with Gasteiger partial charge in [0.1, 0.15) is 34.4 Å². The topological polar surface area (TPSA) is 119 Å². The second kappa shape index (κ2) is 10.8. The van der Waals surface area contributed by atoms with Crippen molar-refractivity contribution in [2.75, 3.05) is 50.6 Å². The monoisotopic (exact) mass is 656 g/mol. The lowest BCUT2D eigenvalue weighted by atomic mass is 9.90. The zero-order valence-corrected chi connectivity index (χ0v) is 25.5. The Morgan fingerprint density at radius 1 is 1.24 bits per heavy atom.